The van der Waals surface area contributed by atoms with Gasteiger partial charge in [0, 0.05) is 18.5 Å². The second kappa shape index (κ2) is 5.76. The predicted octanol–water partition coefficient (Wildman–Crippen LogP) is 2.90. The van der Waals surface area contributed by atoms with Crippen LogP contribution in [0.25, 0.3) is 11.4 Å². The highest BCUT2D eigenvalue weighted by atomic mass is 16.5. The summed E-state index contributed by atoms with van der Waals surface area (Å²) in [4.78, 5) is 4.66. The Labute approximate surface area is 125 Å². The van der Waals surface area contributed by atoms with Gasteiger partial charge in [-0.05, 0) is 37.0 Å². The normalized spacial score (nSPS) is 17.5. The van der Waals surface area contributed by atoms with E-state index in [1.165, 1.54) is 6.42 Å². The third-order valence-corrected chi connectivity index (χ3v) is 3.84. The molecule has 0 fully saturated rings. The first-order valence-electron chi connectivity index (χ1n) is 7.63. The summed E-state index contributed by atoms with van der Waals surface area (Å²) >= 11 is 0. The molecule has 2 aromatic rings. The fourth-order valence-electron chi connectivity index (χ4n) is 2.61. The van der Waals surface area contributed by atoms with Gasteiger partial charge in [-0.2, -0.15) is 5.10 Å². The van der Waals surface area contributed by atoms with Crippen LogP contribution in [0.15, 0.2) is 18.2 Å². The van der Waals surface area contributed by atoms with Gasteiger partial charge in [0.2, 0.25) is 0 Å². The summed E-state index contributed by atoms with van der Waals surface area (Å²) in [5.74, 6) is 3.25. The Morgan fingerprint density at radius 3 is 3.05 bits per heavy atom. The summed E-state index contributed by atoms with van der Waals surface area (Å²) in [6.45, 7) is 5.97. The number of ether oxygens (including phenoxy) is 1. The van der Waals surface area contributed by atoms with Gasteiger partial charge < -0.3 is 10.5 Å². The molecule has 1 unspecified atom stereocenters. The van der Waals surface area contributed by atoms with Gasteiger partial charge in [-0.25, -0.2) is 9.67 Å². The number of fused-ring (bicyclic) bond motifs is 1. The van der Waals surface area contributed by atoms with Crippen LogP contribution >= 0.6 is 0 Å². The summed E-state index contributed by atoms with van der Waals surface area (Å²) < 4.78 is 7.62. The minimum atomic E-state index is 0.641. The smallest absolute Gasteiger partial charge is 0.181 e. The SMILES string of the molecule is CCCOc1ccc(-c2nc3n(n2)CCC(C)C3)cc1N. The number of benzene rings is 1. The topological polar surface area (TPSA) is 66.0 Å². The van der Waals surface area contributed by atoms with Crippen molar-refractivity contribution >= 4 is 5.69 Å². The maximum Gasteiger partial charge on any atom is 0.181 e. The maximum absolute atomic E-state index is 6.06. The highest BCUT2D eigenvalue weighted by Crippen LogP contribution is 2.28. The highest BCUT2D eigenvalue weighted by Gasteiger charge is 2.19. The molecule has 1 atom stereocenters. The first kappa shape index (κ1) is 13.9. The molecule has 0 radical (unpaired) electrons. The number of nitrogens with two attached hydrogens (primary N) is 1. The second-order valence-corrected chi connectivity index (χ2v) is 5.77. The van der Waals surface area contributed by atoms with Gasteiger partial charge in [-0.1, -0.05) is 13.8 Å². The molecule has 5 nitrogen and oxygen atoms in total. The van der Waals surface area contributed by atoms with Crippen LogP contribution < -0.4 is 10.5 Å². The van der Waals surface area contributed by atoms with Gasteiger partial charge in [0.05, 0.1) is 12.3 Å². The van der Waals surface area contributed by atoms with Gasteiger partial charge in [0.25, 0.3) is 0 Å². The molecule has 1 aliphatic heterocycles. The number of nitrogens with zero attached hydrogens (tertiary/aromatic N) is 3. The molecule has 2 N–H and O–H groups in total. The number of aromatic nitrogens is 3. The van der Waals surface area contributed by atoms with E-state index in [9.17, 15) is 0 Å². The van der Waals surface area contributed by atoms with Crippen LogP contribution in [-0.4, -0.2) is 21.4 Å². The lowest BCUT2D eigenvalue weighted by Crippen LogP contribution is -2.18. The Hall–Kier alpha value is -2.04. The Balaban J connectivity index is 1.85. The fraction of sp³-hybridized carbons (Fsp3) is 0.500. The molecule has 3 rings (SSSR count). The highest BCUT2D eigenvalue weighted by molar-refractivity contribution is 5.66. The van der Waals surface area contributed by atoms with Gasteiger partial charge in [-0.15, -0.1) is 0 Å². The van der Waals surface area contributed by atoms with Crippen molar-refractivity contribution < 1.29 is 4.74 Å². The summed E-state index contributed by atoms with van der Waals surface area (Å²) in [7, 11) is 0. The van der Waals surface area contributed by atoms with Gasteiger partial charge in [0.1, 0.15) is 11.6 Å². The standard InChI is InChI=1S/C16H22N4O/c1-3-8-21-14-5-4-12(10-13(14)17)16-18-15-9-11(2)6-7-20(15)19-16/h4-5,10-11H,3,6-9,17H2,1-2H3. The lowest BCUT2D eigenvalue weighted by atomic mass is 10.0. The number of hydrogen-bond acceptors (Lipinski definition) is 4. The van der Waals surface area contributed by atoms with E-state index in [1.54, 1.807) is 0 Å². The third kappa shape index (κ3) is 2.86. The molecule has 5 heteroatoms. The Bertz CT molecular complexity index is 635. The largest absolute Gasteiger partial charge is 0.491 e. The van der Waals surface area contributed by atoms with Crippen molar-refractivity contribution in [3.8, 4) is 17.1 Å². The van der Waals surface area contributed by atoms with Crippen LogP contribution in [0.3, 0.4) is 0 Å². The van der Waals surface area contributed by atoms with Gasteiger partial charge in [0.15, 0.2) is 5.82 Å². The monoisotopic (exact) mass is 286 g/mol. The minimum Gasteiger partial charge on any atom is -0.491 e. The zero-order chi connectivity index (χ0) is 14.8. The summed E-state index contributed by atoms with van der Waals surface area (Å²) in [5.41, 5.74) is 7.65. The Morgan fingerprint density at radius 2 is 2.29 bits per heavy atom. The minimum absolute atomic E-state index is 0.641. The van der Waals surface area contributed by atoms with E-state index >= 15 is 0 Å². The zero-order valence-corrected chi connectivity index (χ0v) is 12.7. The zero-order valence-electron chi connectivity index (χ0n) is 12.7. The quantitative estimate of drug-likeness (QED) is 0.878. The summed E-state index contributed by atoms with van der Waals surface area (Å²) in [6.07, 6.45) is 3.14. The van der Waals surface area contributed by atoms with Crippen LogP contribution in [0, 0.1) is 5.92 Å². The van der Waals surface area contributed by atoms with Crippen molar-refractivity contribution in [2.75, 3.05) is 12.3 Å². The molecule has 0 aliphatic carbocycles. The Morgan fingerprint density at radius 1 is 1.43 bits per heavy atom. The molecule has 0 amide bonds. The summed E-state index contributed by atoms with van der Waals surface area (Å²) in [6, 6.07) is 5.78. The Kier molecular flexibility index (Phi) is 3.82. The molecular weight excluding hydrogens is 264 g/mol. The second-order valence-electron chi connectivity index (χ2n) is 5.77. The van der Waals surface area contributed by atoms with Crippen molar-refractivity contribution in [1.82, 2.24) is 14.8 Å². The average Bonchev–Trinajstić information content (AvgIpc) is 2.89. The molecular formula is C16H22N4O. The number of aryl methyl sites for hydroxylation is 1. The first-order chi connectivity index (χ1) is 10.2. The van der Waals surface area contributed by atoms with E-state index < -0.39 is 0 Å². The lowest BCUT2D eigenvalue weighted by molar-refractivity contribution is 0.319. The van der Waals surface area contributed by atoms with Crippen LogP contribution in [0.2, 0.25) is 0 Å². The van der Waals surface area contributed by atoms with Crippen molar-refractivity contribution in [1.29, 1.82) is 0 Å². The fourth-order valence-corrected chi connectivity index (χ4v) is 2.61. The van der Waals surface area contributed by atoms with E-state index in [-0.39, 0.29) is 0 Å². The molecule has 1 aliphatic rings. The number of rotatable bonds is 4. The number of nitrogen functional groups attached to an aromatic ring is 1. The maximum atomic E-state index is 6.06. The molecule has 0 saturated carbocycles. The van der Waals surface area contributed by atoms with Crippen molar-refractivity contribution in [2.24, 2.45) is 5.92 Å². The molecule has 0 bridgehead atoms. The molecule has 1 aromatic carbocycles. The van der Waals surface area contributed by atoms with Crippen molar-refractivity contribution in [2.45, 2.75) is 39.7 Å². The van der Waals surface area contributed by atoms with Crippen molar-refractivity contribution in [3.05, 3.63) is 24.0 Å². The third-order valence-electron chi connectivity index (χ3n) is 3.84. The molecule has 1 aromatic heterocycles. The van der Waals surface area contributed by atoms with Crippen LogP contribution in [0.1, 0.15) is 32.5 Å². The summed E-state index contributed by atoms with van der Waals surface area (Å²) in [5, 5.41) is 4.60. The van der Waals surface area contributed by atoms with E-state index in [0.29, 0.717) is 18.2 Å². The molecule has 0 saturated heterocycles. The molecule has 0 spiro atoms. The van der Waals surface area contributed by atoms with Gasteiger partial charge in [-0.3, -0.25) is 0 Å². The first-order valence-corrected chi connectivity index (χ1v) is 7.63. The van der Waals surface area contributed by atoms with Crippen LogP contribution in [-0.2, 0) is 13.0 Å². The lowest BCUT2D eigenvalue weighted by Gasteiger charge is -2.17. The van der Waals surface area contributed by atoms with Gasteiger partial charge >= 0.3 is 0 Å². The van der Waals surface area contributed by atoms with Crippen LogP contribution in [0.5, 0.6) is 5.75 Å². The van der Waals surface area contributed by atoms with E-state index in [4.69, 9.17) is 10.5 Å². The van der Waals surface area contributed by atoms with E-state index in [2.05, 4.69) is 23.9 Å². The number of hydrogen-bond donors (Lipinski definition) is 1. The van der Waals surface area contributed by atoms with E-state index in [1.807, 2.05) is 22.9 Å². The van der Waals surface area contributed by atoms with Crippen molar-refractivity contribution in [3.63, 3.8) is 0 Å². The van der Waals surface area contributed by atoms with E-state index in [0.717, 1.165) is 42.3 Å². The van der Waals surface area contributed by atoms with Crippen LogP contribution in [0.4, 0.5) is 5.69 Å². The average molecular weight is 286 g/mol. The molecule has 112 valence electrons. The predicted molar refractivity (Wildman–Crippen MR) is 83.1 cm³/mol. The molecule has 21 heavy (non-hydrogen) atoms. The number of anilines is 1. The molecule has 2 heterocycles.